The summed E-state index contributed by atoms with van der Waals surface area (Å²) >= 11 is 0. The van der Waals surface area contributed by atoms with Gasteiger partial charge in [-0.05, 0) is 30.7 Å². The van der Waals surface area contributed by atoms with E-state index in [9.17, 15) is 4.79 Å². The summed E-state index contributed by atoms with van der Waals surface area (Å²) in [5, 5.41) is 13.1. The Morgan fingerprint density at radius 1 is 1.48 bits per heavy atom. The van der Waals surface area contributed by atoms with E-state index in [0.717, 1.165) is 42.3 Å². The van der Waals surface area contributed by atoms with E-state index in [0.29, 0.717) is 17.8 Å². The number of nitrogens with zero attached hydrogens (tertiary/aromatic N) is 4. The molecule has 0 radical (unpaired) electrons. The molecule has 118 valence electrons. The highest BCUT2D eigenvalue weighted by atomic mass is 16.2. The van der Waals surface area contributed by atoms with Crippen LogP contribution in [-0.2, 0) is 4.79 Å². The number of anilines is 1. The molecular formula is C16H18N6O. The quantitative estimate of drug-likeness (QED) is 0.887. The molecule has 1 saturated carbocycles. The number of aromatic nitrogens is 3. The van der Waals surface area contributed by atoms with Gasteiger partial charge in [0.25, 0.3) is 0 Å². The summed E-state index contributed by atoms with van der Waals surface area (Å²) in [6.45, 7) is 4.34. The molecule has 2 aromatic rings. The zero-order valence-corrected chi connectivity index (χ0v) is 12.9. The monoisotopic (exact) mass is 310 g/mol. The third-order valence-electron chi connectivity index (χ3n) is 4.99. The number of carbonyl (C=O) groups excluding carboxylic acids is 1. The van der Waals surface area contributed by atoms with Gasteiger partial charge in [-0.15, -0.1) is 0 Å². The van der Waals surface area contributed by atoms with Crippen molar-refractivity contribution in [2.75, 3.05) is 25.0 Å². The number of nitriles is 1. The molecule has 1 aliphatic heterocycles. The molecule has 3 atom stereocenters. The van der Waals surface area contributed by atoms with Gasteiger partial charge in [-0.1, -0.05) is 0 Å². The third-order valence-corrected chi connectivity index (χ3v) is 4.99. The van der Waals surface area contributed by atoms with Crippen molar-refractivity contribution in [2.45, 2.75) is 13.3 Å². The topological polar surface area (TPSA) is 97.7 Å². The normalized spacial score (nSPS) is 25.2. The lowest BCUT2D eigenvalue weighted by Gasteiger charge is -2.18. The van der Waals surface area contributed by atoms with E-state index in [4.69, 9.17) is 5.26 Å². The van der Waals surface area contributed by atoms with Crippen molar-refractivity contribution < 1.29 is 4.79 Å². The molecule has 2 N–H and O–H groups in total. The summed E-state index contributed by atoms with van der Waals surface area (Å²) in [6, 6.07) is 3.91. The second kappa shape index (κ2) is 5.23. The van der Waals surface area contributed by atoms with Crippen LogP contribution in [0.2, 0.25) is 0 Å². The number of hydrogen-bond donors (Lipinski definition) is 2. The zero-order chi connectivity index (χ0) is 16.0. The molecule has 2 aromatic heterocycles. The smallest absolute Gasteiger partial charge is 0.236 e. The Labute approximate surface area is 133 Å². The average molecular weight is 310 g/mol. The van der Waals surface area contributed by atoms with E-state index in [-0.39, 0.29) is 12.3 Å². The maximum Gasteiger partial charge on any atom is 0.236 e. The molecule has 7 heteroatoms. The van der Waals surface area contributed by atoms with Gasteiger partial charge in [0, 0.05) is 25.8 Å². The van der Waals surface area contributed by atoms with E-state index in [1.54, 1.807) is 0 Å². The number of aromatic amines is 1. The fourth-order valence-corrected chi connectivity index (χ4v) is 3.74. The van der Waals surface area contributed by atoms with Gasteiger partial charge in [0.05, 0.1) is 11.5 Å². The summed E-state index contributed by atoms with van der Waals surface area (Å²) in [7, 11) is 0. The first-order chi connectivity index (χ1) is 11.2. The molecule has 2 fully saturated rings. The van der Waals surface area contributed by atoms with Crippen LogP contribution in [0.5, 0.6) is 0 Å². The fourth-order valence-electron chi connectivity index (χ4n) is 3.74. The molecule has 23 heavy (non-hydrogen) atoms. The van der Waals surface area contributed by atoms with Gasteiger partial charge in [0.15, 0.2) is 0 Å². The Balaban J connectivity index is 1.36. The van der Waals surface area contributed by atoms with Gasteiger partial charge >= 0.3 is 0 Å². The summed E-state index contributed by atoms with van der Waals surface area (Å²) in [5.74, 6) is 3.30. The Morgan fingerprint density at radius 2 is 2.26 bits per heavy atom. The number of aryl methyl sites for hydroxylation is 1. The molecule has 2 aliphatic rings. The first kappa shape index (κ1) is 14.0. The van der Waals surface area contributed by atoms with Crippen LogP contribution in [0.3, 0.4) is 0 Å². The van der Waals surface area contributed by atoms with Crippen molar-refractivity contribution in [2.24, 2.45) is 17.8 Å². The van der Waals surface area contributed by atoms with Gasteiger partial charge in [-0.2, -0.15) is 5.26 Å². The predicted molar refractivity (Wildman–Crippen MR) is 84.4 cm³/mol. The maximum atomic E-state index is 11.7. The van der Waals surface area contributed by atoms with Gasteiger partial charge in [0.1, 0.15) is 23.7 Å². The molecule has 3 heterocycles. The number of hydrogen-bond acceptors (Lipinski definition) is 5. The van der Waals surface area contributed by atoms with Gasteiger partial charge in [0.2, 0.25) is 5.91 Å². The number of fused-ring (bicyclic) bond motifs is 2. The van der Waals surface area contributed by atoms with Crippen LogP contribution < -0.4 is 5.32 Å². The SMILES string of the molecule is Cc1nc(NCC2[C@H]3CN(C(=O)CC#N)C[C@@H]23)c2cc[nH]c2n1. The first-order valence-corrected chi connectivity index (χ1v) is 7.87. The minimum Gasteiger partial charge on any atom is -0.369 e. The zero-order valence-electron chi connectivity index (χ0n) is 12.9. The van der Waals surface area contributed by atoms with Crippen molar-refractivity contribution in [1.29, 1.82) is 5.26 Å². The van der Waals surface area contributed by atoms with Crippen molar-refractivity contribution in [3.8, 4) is 6.07 Å². The average Bonchev–Trinajstić information content (AvgIpc) is 2.93. The third kappa shape index (κ3) is 2.40. The molecule has 0 spiro atoms. The van der Waals surface area contributed by atoms with Crippen molar-refractivity contribution >= 4 is 22.8 Å². The highest BCUT2D eigenvalue weighted by molar-refractivity contribution is 5.87. The molecule has 1 saturated heterocycles. The van der Waals surface area contributed by atoms with E-state index < -0.39 is 0 Å². The Morgan fingerprint density at radius 3 is 3.00 bits per heavy atom. The molecule has 1 aliphatic carbocycles. The van der Waals surface area contributed by atoms with Gasteiger partial charge < -0.3 is 15.2 Å². The lowest BCUT2D eigenvalue weighted by atomic mass is 10.2. The van der Waals surface area contributed by atoms with Crippen molar-refractivity contribution in [1.82, 2.24) is 19.9 Å². The highest BCUT2D eigenvalue weighted by Gasteiger charge is 2.56. The van der Waals surface area contributed by atoms with Crippen LogP contribution in [0.15, 0.2) is 12.3 Å². The Bertz CT molecular complexity index is 794. The van der Waals surface area contributed by atoms with Crippen molar-refractivity contribution in [3.63, 3.8) is 0 Å². The Hall–Kier alpha value is -2.62. The summed E-state index contributed by atoms with van der Waals surface area (Å²) in [4.78, 5) is 25.5. The molecule has 4 rings (SSSR count). The predicted octanol–water partition coefficient (Wildman–Crippen LogP) is 1.30. The van der Waals surface area contributed by atoms with E-state index in [2.05, 4.69) is 20.3 Å². The van der Waals surface area contributed by atoms with Crippen LogP contribution in [0, 0.1) is 36.0 Å². The van der Waals surface area contributed by atoms with Crippen LogP contribution in [0.1, 0.15) is 12.2 Å². The summed E-state index contributed by atoms with van der Waals surface area (Å²) in [5.41, 5.74) is 0.851. The Kier molecular flexibility index (Phi) is 3.18. The number of rotatable bonds is 4. The van der Waals surface area contributed by atoms with Gasteiger partial charge in [-0.3, -0.25) is 4.79 Å². The molecular weight excluding hydrogens is 292 g/mol. The summed E-state index contributed by atoms with van der Waals surface area (Å²) < 4.78 is 0. The van der Waals surface area contributed by atoms with Crippen LogP contribution in [-0.4, -0.2) is 45.4 Å². The van der Waals surface area contributed by atoms with Crippen LogP contribution in [0.4, 0.5) is 5.82 Å². The minimum atomic E-state index is -0.0353. The number of H-pyrrole nitrogens is 1. The standard InChI is InChI=1S/C16H18N6O/c1-9-20-15-10(3-5-18-15)16(21-9)19-6-11-12-7-22(8-13(11)12)14(23)2-4-17/h3,5,11-13H,2,6-8H2,1H3,(H2,18,19,20,21)/t11?,12-,13+. The molecule has 7 nitrogen and oxygen atoms in total. The first-order valence-electron chi connectivity index (χ1n) is 7.87. The number of likely N-dealkylation sites (tertiary alicyclic amines) is 1. The van der Waals surface area contributed by atoms with Gasteiger partial charge in [-0.25, -0.2) is 9.97 Å². The number of amides is 1. The number of carbonyl (C=O) groups is 1. The highest BCUT2D eigenvalue weighted by Crippen LogP contribution is 2.51. The lowest BCUT2D eigenvalue weighted by Crippen LogP contribution is -2.32. The van der Waals surface area contributed by atoms with E-state index in [1.165, 1.54) is 0 Å². The number of piperidine rings is 1. The van der Waals surface area contributed by atoms with E-state index in [1.807, 2.05) is 30.2 Å². The molecule has 1 unspecified atom stereocenters. The van der Waals surface area contributed by atoms with E-state index >= 15 is 0 Å². The second-order valence-electron chi connectivity index (χ2n) is 6.37. The number of nitrogens with one attached hydrogen (secondary N) is 2. The second-order valence-corrected chi connectivity index (χ2v) is 6.37. The minimum absolute atomic E-state index is 0.00591. The summed E-state index contributed by atoms with van der Waals surface area (Å²) in [6.07, 6.45) is 1.86. The largest absolute Gasteiger partial charge is 0.369 e. The van der Waals surface area contributed by atoms with Crippen molar-refractivity contribution in [3.05, 3.63) is 18.1 Å². The fraction of sp³-hybridized carbons (Fsp3) is 0.500. The maximum absolute atomic E-state index is 11.7. The lowest BCUT2D eigenvalue weighted by molar-refractivity contribution is -0.129. The molecule has 0 bridgehead atoms. The molecule has 0 aromatic carbocycles. The molecule has 1 amide bonds. The van der Waals surface area contributed by atoms with Crippen LogP contribution in [0.25, 0.3) is 11.0 Å². The van der Waals surface area contributed by atoms with Crippen LogP contribution >= 0.6 is 0 Å².